The van der Waals surface area contributed by atoms with Crippen molar-refractivity contribution in [1.29, 1.82) is 0 Å². The lowest BCUT2D eigenvalue weighted by molar-refractivity contribution is -0.126. The highest BCUT2D eigenvalue weighted by Crippen LogP contribution is 2.28. The zero-order valence-corrected chi connectivity index (χ0v) is 12.4. The van der Waals surface area contributed by atoms with Crippen molar-refractivity contribution in [2.45, 2.75) is 45.2 Å². The van der Waals surface area contributed by atoms with Gasteiger partial charge < -0.3 is 11.1 Å². The van der Waals surface area contributed by atoms with Crippen LogP contribution in [-0.2, 0) is 4.79 Å². The fourth-order valence-corrected chi connectivity index (χ4v) is 2.88. The van der Waals surface area contributed by atoms with E-state index in [1.54, 1.807) is 0 Å². The summed E-state index contributed by atoms with van der Waals surface area (Å²) in [5.74, 6) is -1.44. The molecule has 5 heteroatoms. The van der Waals surface area contributed by atoms with Crippen molar-refractivity contribution in [2.24, 2.45) is 17.6 Å². The molecule has 3 N–H and O–H groups in total. The third-order valence-corrected chi connectivity index (χ3v) is 4.11. The average molecular weight is 296 g/mol. The number of benzene rings is 1. The van der Waals surface area contributed by atoms with Crippen molar-refractivity contribution in [3.8, 4) is 0 Å². The number of rotatable bonds is 4. The molecule has 0 bridgehead atoms. The number of halogens is 2. The second-order valence-corrected chi connectivity index (χ2v) is 6.17. The highest BCUT2D eigenvalue weighted by atomic mass is 19.1. The summed E-state index contributed by atoms with van der Waals surface area (Å²) in [5.41, 5.74) is 6.15. The summed E-state index contributed by atoms with van der Waals surface area (Å²) in [5, 5.41) is 2.90. The van der Waals surface area contributed by atoms with E-state index in [2.05, 4.69) is 5.32 Å². The SMILES string of the molecule is CC(C)C(NC(=O)C1CCC(N)C1)c1ccc(F)cc1F. The van der Waals surface area contributed by atoms with Gasteiger partial charge in [-0.2, -0.15) is 0 Å². The maximum Gasteiger partial charge on any atom is 0.223 e. The van der Waals surface area contributed by atoms with Gasteiger partial charge in [-0.1, -0.05) is 19.9 Å². The van der Waals surface area contributed by atoms with E-state index in [-0.39, 0.29) is 23.8 Å². The Bertz CT molecular complexity index is 519. The molecule has 0 aliphatic heterocycles. The van der Waals surface area contributed by atoms with Gasteiger partial charge in [0.2, 0.25) is 5.91 Å². The Morgan fingerprint density at radius 2 is 2.05 bits per heavy atom. The summed E-state index contributed by atoms with van der Waals surface area (Å²) in [6, 6.07) is 3.07. The molecule has 3 unspecified atom stereocenters. The summed E-state index contributed by atoms with van der Waals surface area (Å²) in [4.78, 5) is 12.3. The maximum absolute atomic E-state index is 13.9. The molecule has 1 aliphatic carbocycles. The number of hydrogen-bond acceptors (Lipinski definition) is 2. The average Bonchev–Trinajstić information content (AvgIpc) is 2.83. The summed E-state index contributed by atoms with van der Waals surface area (Å²) in [6.07, 6.45) is 2.28. The van der Waals surface area contributed by atoms with E-state index < -0.39 is 17.7 Å². The van der Waals surface area contributed by atoms with Gasteiger partial charge in [0.05, 0.1) is 6.04 Å². The molecule has 0 aromatic heterocycles. The molecule has 3 nitrogen and oxygen atoms in total. The number of carbonyl (C=O) groups excluding carboxylic acids is 1. The second kappa shape index (κ2) is 6.52. The Hall–Kier alpha value is -1.49. The number of amides is 1. The van der Waals surface area contributed by atoms with E-state index in [0.717, 1.165) is 18.9 Å². The fraction of sp³-hybridized carbons (Fsp3) is 0.562. The predicted molar refractivity (Wildman–Crippen MR) is 77.4 cm³/mol. The first-order valence-corrected chi connectivity index (χ1v) is 7.39. The van der Waals surface area contributed by atoms with Gasteiger partial charge in [-0.3, -0.25) is 4.79 Å². The minimum atomic E-state index is -0.628. The number of nitrogens with one attached hydrogen (secondary N) is 1. The molecule has 1 aromatic carbocycles. The highest BCUT2D eigenvalue weighted by molar-refractivity contribution is 5.79. The molecule has 0 saturated heterocycles. The molecule has 0 heterocycles. The summed E-state index contributed by atoms with van der Waals surface area (Å²) >= 11 is 0. The Balaban J connectivity index is 2.14. The van der Waals surface area contributed by atoms with Crippen LogP contribution in [0.25, 0.3) is 0 Å². The first-order valence-electron chi connectivity index (χ1n) is 7.39. The molecule has 1 fully saturated rings. The van der Waals surface area contributed by atoms with Crippen LogP contribution in [0.5, 0.6) is 0 Å². The van der Waals surface area contributed by atoms with Gasteiger partial charge in [0.25, 0.3) is 0 Å². The van der Waals surface area contributed by atoms with Crippen LogP contribution in [0.15, 0.2) is 18.2 Å². The molecule has 2 rings (SSSR count). The predicted octanol–water partition coefficient (Wildman–Crippen LogP) is 2.91. The van der Waals surface area contributed by atoms with Gasteiger partial charge in [-0.05, 0) is 31.2 Å². The third-order valence-electron chi connectivity index (χ3n) is 4.11. The lowest BCUT2D eigenvalue weighted by atomic mass is 9.94. The van der Waals surface area contributed by atoms with Crippen LogP contribution in [-0.4, -0.2) is 11.9 Å². The minimum Gasteiger partial charge on any atom is -0.349 e. The standard InChI is InChI=1S/C16H22F2N2O/c1-9(2)15(13-6-4-11(17)8-14(13)18)20-16(21)10-3-5-12(19)7-10/h4,6,8-10,12,15H,3,5,7,19H2,1-2H3,(H,20,21). The van der Waals surface area contributed by atoms with Gasteiger partial charge in [-0.15, -0.1) is 0 Å². The van der Waals surface area contributed by atoms with Crippen LogP contribution >= 0.6 is 0 Å². The third kappa shape index (κ3) is 3.79. The van der Waals surface area contributed by atoms with E-state index >= 15 is 0 Å². The lowest BCUT2D eigenvalue weighted by Crippen LogP contribution is -2.36. The zero-order chi connectivity index (χ0) is 15.6. The lowest BCUT2D eigenvalue weighted by Gasteiger charge is -2.25. The Morgan fingerprint density at radius 1 is 1.33 bits per heavy atom. The van der Waals surface area contributed by atoms with Crippen molar-refractivity contribution in [3.05, 3.63) is 35.4 Å². The normalized spacial score (nSPS) is 23.3. The summed E-state index contributed by atoms with van der Waals surface area (Å²) in [6.45, 7) is 3.79. The molecule has 21 heavy (non-hydrogen) atoms. The maximum atomic E-state index is 13.9. The van der Waals surface area contributed by atoms with E-state index in [1.165, 1.54) is 12.1 Å². The van der Waals surface area contributed by atoms with Crippen LogP contribution in [0.2, 0.25) is 0 Å². The second-order valence-electron chi connectivity index (χ2n) is 6.17. The van der Waals surface area contributed by atoms with E-state index in [1.807, 2.05) is 13.8 Å². The molecule has 0 spiro atoms. The zero-order valence-electron chi connectivity index (χ0n) is 12.4. The number of nitrogens with two attached hydrogens (primary N) is 1. The van der Waals surface area contributed by atoms with Gasteiger partial charge in [0, 0.05) is 23.6 Å². The number of hydrogen-bond donors (Lipinski definition) is 2. The summed E-state index contributed by atoms with van der Waals surface area (Å²) in [7, 11) is 0. The van der Waals surface area contributed by atoms with Crippen molar-refractivity contribution >= 4 is 5.91 Å². The Kier molecular flexibility index (Phi) is 4.93. The van der Waals surface area contributed by atoms with E-state index in [4.69, 9.17) is 5.73 Å². The van der Waals surface area contributed by atoms with Crippen LogP contribution in [0.4, 0.5) is 8.78 Å². The topological polar surface area (TPSA) is 55.1 Å². The summed E-state index contributed by atoms with van der Waals surface area (Å²) < 4.78 is 27.0. The van der Waals surface area contributed by atoms with Crippen LogP contribution in [0.3, 0.4) is 0 Å². The molecular formula is C16H22F2N2O. The monoisotopic (exact) mass is 296 g/mol. The Labute approximate surface area is 123 Å². The van der Waals surface area contributed by atoms with Crippen molar-refractivity contribution in [3.63, 3.8) is 0 Å². The van der Waals surface area contributed by atoms with Crippen LogP contribution in [0.1, 0.15) is 44.7 Å². The largest absolute Gasteiger partial charge is 0.349 e. The van der Waals surface area contributed by atoms with Gasteiger partial charge in [0.1, 0.15) is 11.6 Å². The van der Waals surface area contributed by atoms with Crippen LogP contribution < -0.4 is 11.1 Å². The van der Waals surface area contributed by atoms with Crippen molar-refractivity contribution in [2.75, 3.05) is 0 Å². The molecular weight excluding hydrogens is 274 g/mol. The van der Waals surface area contributed by atoms with Crippen LogP contribution in [0, 0.1) is 23.5 Å². The van der Waals surface area contributed by atoms with Crippen molar-refractivity contribution < 1.29 is 13.6 Å². The minimum absolute atomic E-state index is 0.00369. The van der Waals surface area contributed by atoms with Gasteiger partial charge in [-0.25, -0.2) is 8.78 Å². The molecule has 116 valence electrons. The Morgan fingerprint density at radius 3 is 2.57 bits per heavy atom. The highest BCUT2D eigenvalue weighted by Gasteiger charge is 2.30. The molecule has 1 aromatic rings. The molecule has 1 saturated carbocycles. The smallest absolute Gasteiger partial charge is 0.223 e. The first kappa shape index (κ1) is 15.9. The van der Waals surface area contributed by atoms with Crippen molar-refractivity contribution in [1.82, 2.24) is 5.32 Å². The molecule has 1 aliphatic rings. The van der Waals surface area contributed by atoms with E-state index in [9.17, 15) is 13.6 Å². The first-order chi connectivity index (χ1) is 9.88. The number of carbonyl (C=O) groups is 1. The molecule has 1 amide bonds. The van der Waals surface area contributed by atoms with E-state index in [0.29, 0.717) is 12.0 Å². The fourth-order valence-electron chi connectivity index (χ4n) is 2.88. The molecule has 3 atom stereocenters. The quantitative estimate of drug-likeness (QED) is 0.897. The van der Waals surface area contributed by atoms with Gasteiger partial charge in [0.15, 0.2) is 0 Å². The van der Waals surface area contributed by atoms with Gasteiger partial charge >= 0.3 is 0 Å². The molecule has 0 radical (unpaired) electrons.